The van der Waals surface area contributed by atoms with E-state index in [2.05, 4.69) is 41.2 Å². The molecule has 5 heteroatoms. The van der Waals surface area contributed by atoms with Gasteiger partial charge in [0.1, 0.15) is 0 Å². The molecule has 2 aliphatic heterocycles. The molecule has 1 aromatic rings. The number of allylic oxidation sites excluding steroid dienone is 2. The van der Waals surface area contributed by atoms with Crippen LogP contribution in [0.1, 0.15) is 30.4 Å². The molecule has 1 aromatic carbocycles. The van der Waals surface area contributed by atoms with Crippen molar-refractivity contribution in [2.45, 2.75) is 26.2 Å². The average Bonchev–Trinajstić information content (AvgIpc) is 3.40. The van der Waals surface area contributed by atoms with Gasteiger partial charge in [0.2, 0.25) is 0 Å². The highest BCUT2D eigenvalue weighted by Gasteiger charge is 2.59. The first kappa shape index (κ1) is 15.8. The van der Waals surface area contributed by atoms with Crippen molar-refractivity contribution in [3.63, 3.8) is 0 Å². The summed E-state index contributed by atoms with van der Waals surface area (Å²) in [6.45, 7) is 4.33. The fourth-order valence-electron chi connectivity index (χ4n) is 5.20. The Bertz CT molecular complexity index is 808. The molecule has 2 saturated heterocycles. The third-order valence-corrected chi connectivity index (χ3v) is 6.44. The van der Waals surface area contributed by atoms with E-state index >= 15 is 0 Å². The van der Waals surface area contributed by atoms with Crippen molar-refractivity contribution < 1.29 is 9.59 Å². The molecule has 0 aromatic heterocycles. The van der Waals surface area contributed by atoms with Gasteiger partial charge in [-0.2, -0.15) is 10.1 Å². The van der Waals surface area contributed by atoms with Gasteiger partial charge in [-0.15, -0.1) is 0 Å². The van der Waals surface area contributed by atoms with Gasteiger partial charge < -0.3 is 4.90 Å². The zero-order valence-corrected chi connectivity index (χ0v) is 15.0. The molecule has 0 spiro atoms. The number of hydrogen-bond donors (Lipinski definition) is 0. The van der Waals surface area contributed by atoms with Crippen molar-refractivity contribution in [3.8, 4) is 0 Å². The Morgan fingerprint density at radius 1 is 1.04 bits per heavy atom. The number of hydrazone groups is 1. The Kier molecular flexibility index (Phi) is 3.52. The first-order chi connectivity index (χ1) is 12.6. The number of aryl methyl sites for hydroxylation is 1. The molecule has 2 bridgehead atoms. The van der Waals surface area contributed by atoms with Gasteiger partial charge >= 0.3 is 0 Å². The summed E-state index contributed by atoms with van der Waals surface area (Å²) in [6.07, 6.45) is 9.30. The number of amides is 2. The molecule has 1 saturated carbocycles. The number of benzene rings is 1. The first-order valence-corrected chi connectivity index (χ1v) is 9.59. The van der Waals surface area contributed by atoms with Gasteiger partial charge in [-0.1, -0.05) is 18.2 Å². The maximum absolute atomic E-state index is 12.7. The highest BCUT2D eigenvalue weighted by Crippen LogP contribution is 2.52. The smallest absolute Gasteiger partial charge is 0.254 e. The first-order valence-electron chi connectivity index (χ1n) is 9.59. The van der Waals surface area contributed by atoms with Gasteiger partial charge in [0.15, 0.2) is 0 Å². The summed E-state index contributed by atoms with van der Waals surface area (Å²) in [7, 11) is 0. The molecule has 134 valence electrons. The second-order valence-electron chi connectivity index (χ2n) is 7.97. The number of nitrogens with zero attached hydrogens (tertiary/aromatic N) is 3. The molecule has 2 heterocycles. The van der Waals surface area contributed by atoms with Crippen molar-refractivity contribution in [1.29, 1.82) is 0 Å². The Morgan fingerprint density at radius 3 is 2.31 bits per heavy atom. The Hall–Kier alpha value is -2.43. The molecular weight excluding hydrogens is 326 g/mol. The molecule has 4 aliphatic rings. The predicted octanol–water partition coefficient (Wildman–Crippen LogP) is 2.74. The fraction of sp³-hybridized carbons (Fsp3) is 0.476. The van der Waals surface area contributed by atoms with Gasteiger partial charge in [0.25, 0.3) is 11.8 Å². The van der Waals surface area contributed by atoms with Crippen molar-refractivity contribution in [2.24, 2.45) is 28.8 Å². The van der Waals surface area contributed by atoms with E-state index in [9.17, 15) is 9.59 Å². The fourth-order valence-corrected chi connectivity index (χ4v) is 5.20. The quantitative estimate of drug-likeness (QED) is 0.479. The van der Waals surface area contributed by atoms with Gasteiger partial charge in [-0.3, -0.25) is 9.59 Å². The molecule has 4 atom stereocenters. The van der Waals surface area contributed by atoms with E-state index in [0.717, 1.165) is 30.1 Å². The van der Waals surface area contributed by atoms with Crippen LogP contribution in [0.15, 0.2) is 35.5 Å². The van der Waals surface area contributed by atoms with Gasteiger partial charge in [0, 0.05) is 18.8 Å². The summed E-state index contributed by atoms with van der Waals surface area (Å²) in [5.74, 6) is -0.174. The summed E-state index contributed by atoms with van der Waals surface area (Å²) in [5.41, 5.74) is 3.39. The summed E-state index contributed by atoms with van der Waals surface area (Å²) in [4.78, 5) is 27.7. The molecule has 26 heavy (non-hydrogen) atoms. The van der Waals surface area contributed by atoms with Gasteiger partial charge in [-0.25, -0.2) is 0 Å². The normalized spacial score (nSPS) is 32.5. The van der Waals surface area contributed by atoms with Crippen LogP contribution < -0.4 is 4.90 Å². The van der Waals surface area contributed by atoms with E-state index in [4.69, 9.17) is 0 Å². The minimum atomic E-state index is -0.186. The SMILES string of the molecule is Cc1cc(C=NN2C(=O)C3C4C=CC(C4)C3C2=O)ccc1N1CCCC1. The second kappa shape index (κ2) is 5.79. The summed E-state index contributed by atoms with van der Waals surface area (Å²) in [5, 5.41) is 5.39. The molecular formula is C21H23N3O2. The lowest BCUT2D eigenvalue weighted by Crippen LogP contribution is -2.28. The van der Waals surface area contributed by atoms with E-state index < -0.39 is 0 Å². The molecule has 4 unspecified atom stereocenters. The number of fused-ring (bicyclic) bond motifs is 5. The van der Waals surface area contributed by atoms with Gasteiger partial charge in [-0.05, 0) is 61.3 Å². The minimum absolute atomic E-state index is 0.126. The highest BCUT2D eigenvalue weighted by molar-refractivity contribution is 6.06. The van der Waals surface area contributed by atoms with Crippen LogP contribution >= 0.6 is 0 Å². The van der Waals surface area contributed by atoms with Crippen LogP contribution in [0.2, 0.25) is 0 Å². The highest BCUT2D eigenvalue weighted by atomic mass is 16.2. The third-order valence-electron chi connectivity index (χ3n) is 6.44. The van der Waals surface area contributed by atoms with Crippen LogP contribution in [0.3, 0.4) is 0 Å². The number of carbonyl (C=O) groups excluding carboxylic acids is 2. The van der Waals surface area contributed by atoms with E-state index in [1.807, 2.05) is 6.07 Å². The Labute approximate surface area is 153 Å². The molecule has 0 radical (unpaired) electrons. The maximum Gasteiger partial charge on any atom is 0.254 e. The molecule has 5 rings (SSSR count). The van der Waals surface area contributed by atoms with Crippen LogP contribution in [0, 0.1) is 30.6 Å². The van der Waals surface area contributed by atoms with Crippen molar-refractivity contribution >= 4 is 23.7 Å². The van der Waals surface area contributed by atoms with Crippen LogP contribution in [0.4, 0.5) is 5.69 Å². The van der Waals surface area contributed by atoms with Crippen molar-refractivity contribution in [2.75, 3.05) is 18.0 Å². The van der Waals surface area contributed by atoms with E-state index in [1.165, 1.54) is 24.1 Å². The zero-order chi connectivity index (χ0) is 17.8. The number of imide groups is 1. The number of anilines is 1. The van der Waals surface area contributed by atoms with Crippen molar-refractivity contribution in [1.82, 2.24) is 5.01 Å². The zero-order valence-electron chi connectivity index (χ0n) is 15.0. The summed E-state index contributed by atoms with van der Waals surface area (Å²) in [6, 6.07) is 6.21. The lowest BCUT2D eigenvalue weighted by molar-refractivity contribution is -0.140. The lowest BCUT2D eigenvalue weighted by atomic mass is 9.85. The molecule has 2 amide bonds. The second-order valence-corrected chi connectivity index (χ2v) is 7.97. The Balaban J connectivity index is 1.35. The third kappa shape index (κ3) is 2.26. The number of rotatable bonds is 3. The topological polar surface area (TPSA) is 53.0 Å². The number of hydrogen-bond acceptors (Lipinski definition) is 4. The molecule has 3 fully saturated rings. The average molecular weight is 349 g/mol. The van der Waals surface area contributed by atoms with Crippen LogP contribution in [0.25, 0.3) is 0 Å². The van der Waals surface area contributed by atoms with Crippen LogP contribution in [0.5, 0.6) is 0 Å². The lowest BCUT2D eigenvalue weighted by Gasteiger charge is -2.20. The molecule has 0 N–H and O–H groups in total. The summed E-state index contributed by atoms with van der Waals surface area (Å²) >= 11 is 0. The Morgan fingerprint density at radius 2 is 1.69 bits per heavy atom. The maximum atomic E-state index is 12.7. The number of carbonyl (C=O) groups is 2. The predicted molar refractivity (Wildman–Crippen MR) is 99.8 cm³/mol. The molecule has 2 aliphatic carbocycles. The van der Waals surface area contributed by atoms with Crippen LogP contribution in [-0.2, 0) is 9.59 Å². The van der Waals surface area contributed by atoms with E-state index in [-0.39, 0.29) is 35.5 Å². The van der Waals surface area contributed by atoms with E-state index in [0.29, 0.717) is 0 Å². The monoisotopic (exact) mass is 349 g/mol. The largest absolute Gasteiger partial charge is 0.371 e. The van der Waals surface area contributed by atoms with Crippen LogP contribution in [-0.4, -0.2) is 36.1 Å². The van der Waals surface area contributed by atoms with Crippen molar-refractivity contribution in [3.05, 3.63) is 41.5 Å². The van der Waals surface area contributed by atoms with E-state index in [1.54, 1.807) is 6.21 Å². The summed E-state index contributed by atoms with van der Waals surface area (Å²) < 4.78 is 0. The standard InChI is InChI=1S/C21H23N3O2/c1-13-10-14(4-7-17(13)23-8-2-3-9-23)12-22-24-20(25)18-15-5-6-16(11-15)19(18)21(24)26/h4-7,10,12,15-16,18-19H,2-3,8-9,11H2,1H3. The minimum Gasteiger partial charge on any atom is -0.371 e. The van der Waals surface area contributed by atoms with Gasteiger partial charge in [0.05, 0.1) is 18.1 Å². The molecule has 5 nitrogen and oxygen atoms in total.